The quantitative estimate of drug-likeness (QED) is 0.825. The molecule has 0 spiro atoms. The lowest BCUT2D eigenvalue weighted by Gasteiger charge is -2.34. The van der Waals surface area contributed by atoms with Crippen molar-refractivity contribution in [1.82, 2.24) is 4.90 Å². The summed E-state index contributed by atoms with van der Waals surface area (Å²) < 4.78 is 5.29. The van der Waals surface area contributed by atoms with Crippen LogP contribution in [-0.4, -0.2) is 40.8 Å². The fourth-order valence-electron chi connectivity index (χ4n) is 2.22. The Labute approximate surface area is 108 Å². The second kappa shape index (κ2) is 5.59. The van der Waals surface area contributed by atoms with Crippen molar-refractivity contribution in [2.45, 2.75) is 58.1 Å². The third-order valence-electron chi connectivity index (χ3n) is 3.22. The van der Waals surface area contributed by atoms with Crippen LogP contribution in [-0.2, 0) is 9.53 Å². The highest BCUT2D eigenvalue weighted by Crippen LogP contribution is 2.28. The molecule has 0 radical (unpaired) electrons. The van der Waals surface area contributed by atoms with Crippen LogP contribution in [0, 0.1) is 5.92 Å². The molecule has 0 saturated heterocycles. The molecule has 0 heterocycles. The highest BCUT2D eigenvalue weighted by Gasteiger charge is 2.32. The van der Waals surface area contributed by atoms with Gasteiger partial charge in [0, 0.05) is 13.1 Å². The minimum atomic E-state index is -0.766. The normalized spacial score (nSPS) is 24.4. The molecular formula is C13H23NO4. The fourth-order valence-corrected chi connectivity index (χ4v) is 2.22. The van der Waals surface area contributed by atoms with E-state index in [0.717, 1.165) is 12.8 Å². The Morgan fingerprint density at radius 1 is 1.28 bits per heavy atom. The molecule has 1 N–H and O–H groups in total. The van der Waals surface area contributed by atoms with Gasteiger partial charge in [0.15, 0.2) is 0 Å². The number of hydrogen-bond donors (Lipinski definition) is 1. The molecule has 104 valence electrons. The fraction of sp³-hybridized carbons (Fsp3) is 0.846. The number of hydrogen-bond acceptors (Lipinski definition) is 3. The number of carbonyl (C=O) groups is 2. The molecule has 1 saturated carbocycles. The van der Waals surface area contributed by atoms with Crippen LogP contribution in [0.5, 0.6) is 0 Å². The summed E-state index contributed by atoms with van der Waals surface area (Å²) >= 11 is 0. The van der Waals surface area contributed by atoms with E-state index in [9.17, 15) is 9.59 Å². The Balaban J connectivity index is 2.58. The van der Waals surface area contributed by atoms with Crippen LogP contribution in [0.15, 0.2) is 0 Å². The molecule has 1 aliphatic carbocycles. The SMILES string of the molecule is CN(C(=O)OC(C)(C)C)C1CCCC(C(=O)O)C1. The summed E-state index contributed by atoms with van der Waals surface area (Å²) in [5.74, 6) is -1.11. The van der Waals surface area contributed by atoms with E-state index in [1.54, 1.807) is 11.9 Å². The van der Waals surface area contributed by atoms with Gasteiger partial charge in [-0.3, -0.25) is 4.79 Å². The van der Waals surface area contributed by atoms with Crippen molar-refractivity contribution in [2.24, 2.45) is 5.92 Å². The number of nitrogens with zero attached hydrogens (tertiary/aromatic N) is 1. The second-order valence-electron chi connectivity index (χ2n) is 5.95. The molecule has 2 atom stereocenters. The summed E-state index contributed by atoms with van der Waals surface area (Å²) in [6.45, 7) is 5.46. The number of carboxylic acid groups (broad SMARTS) is 1. The first kappa shape index (κ1) is 14.8. The van der Waals surface area contributed by atoms with Gasteiger partial charge in [0.1, 0.15) is 5.60 Å². The Bertz CT molecular complexity index is 321. The van der Waals surface area contributed by atoms with E-state index in [4.69, 9.17) is 9.84 Å². The average molecular weight is 257 g/mol. The van der Waals surface area contributed by atoms with Gasteiger partial charge >= 0.3 is 12.1 Å². The van der Waals surface area contributed by atoms with Crippen LogP contribution >= 0.6 is 0 Å². The maximum atomic E-state index is 11.9. The van der Waals surface area contributed by atoms with Gasteiger partial charge in [0.25, 0.3) is 0 Å². The van der Waals surface area contributed by atoms with Gasteiger partial charge in [-0.15, -0.1) is 0 Å². The molecule has 18 heavy (non-hydrogen) atoms. The predicted octanol–water partition coefficient (Wildman–Crippen LogP) is 2.50. The lowest BCUT2D eigenvalue weighted by atomic mass is 9.85. The summed E-state index contributed by atoms with van der Waals surface area (Å²) in [6.07, 6.45) is 2.53. The van der Waals surface area contributed by atoms with Crippen molar-refractivity contribution in [3.63, 3.8) is 0 Å². The van der Waals surface area contributed by atoms with Crippen molar-refractivity contribution in [3.8, 4) is 0 Å². The second-order valence-corrected chi connectivity index (χ2v) is 5.95. The highest BCUT2D eigenvalue weighted by atomic mass is 16.6. The lowest BCUT2D eigenvalue weighted by molar-refractivity contribution is -0.143. The van der Waals surface area contributed by atoms with Crippen molar-refractivity contribution < 1.29 is 19.4 Å². The van der Waals surface area contributed by atoms with Crippen LogP contribution in [0.3, 0.4) is 0 Å². The maximum absolute atomic E-state index is 11.9. The maximum Gasteiger partial charge on any atom is 0.410 e. The van der Waals surface area contributed by atoms with E-state index in [-0.39, 0.29) is 18.1 Å². The largest absolute Gasteiger partial charge is 0.481 e. The highest BCUT2D eigenvalue weighted by molar-refractivity contribution is 5.71. The molecule has 0 aliphatic heterocycles. The molecule has 1 rings (SSSR count). The Hall–Kier alpha value is -1.26. The van der Waals surface area contributed by atoms with Crippen LogP contribution in [0.1, 0.15) is 46.5 Å². The summed E-state index contributed by atoms with van der Waals surface area (Å²) in [4.78, 5) is 24.4. The Morgan fingerprint density at radius 3 is 2.39 bits per heavy atom. The molecule has 0 bridgehead atoms. The molecule has 1 amide bonds. The third-order valence-corrected chi connectivity index (χ3v) is 3.22. The van der Waals surface area contributed by atoms with E-state index in [1.807, 2.05) is 20.8 Å². The zero-order chi connectivity index (χ0) is 13.9. The van der Waals surface area contributed by atoms with Gasteiger partial charge in [0.2, 0.25) is 0 Å². The zero-order valence-corrected chi connectivity index (χ0v) is 11.6. The number of aliphatic carboxylic acids is 1. The van der Waals surface area contributed by atoms with Gasteiger partial charge in [-0.25, -0.2) is 4.79 Å². The number of amides is 1. The molecular weight excluding hydrogens is 234 g/mol. The molecule has 5 nitrogen and oxygen atoms in total. The van der Waals surface area contributed by atoms with Crippen molar-refractivity contribution in [2.75, 3.05) is 7.05 Å². The third kappa shape index (κ3) is 4.20. The lowest BCUT2D eigenvalue weighted by Crippen LogP contribution is -2.43. The number of ether oxygens (including phenoxy) is 1. The van der Waals surface area contributed by atoms with Crippen LogP contribution in [0.25, 0.3) is 0 Å². The minimum absolute atomic E-state index is 0.0327. The van der Waals surface area contributed by atoms with Crippen LogP contribution < -0.4 is 0 Å². The van der Waals surface area contributed by atoms with Gasteiger partial charge in [-0.2, -0.15) is 0 Å². The first-order valence-corrected chi connectivity index (χ1v) is 6.39. The van der Waals surface area contributed by atoms with Crippen molar-refractivity contribution in [1.29, 1.82) is 0 Å². The smallest absolute Gasteiger partial charge is 0.410 e. The predicted molar refractivity (Wildman–Crippen MR) is 67.4 cm³/mol. The standard InChI is InChI=1S/C13H23NO4/c1-13(2,3)18-12(17)14(4)10-7-5-6-9(8-10)11(15)16/h9-10H,5-8H2,1-4H3,(H,15,16). The van der Waals surface area contributed by atoms with Crippen LogP contribution in [0.2, 0.25) is 0 Å². The first-order valence-electron chi connectivity index (χ1n) is 6.39. The summed E-state index contributed by atoms with van der Waals surface area (Å²) in [7, 11) is 1.68. The molecule has 1 aliphatic rings. The molecule has 0 aromatic rings. The number of carboxylic acids is 1. The minimum Gasteiger partial charge on any atom is -0.481 e. The summed E-state index contributed by atoms with van der Waals surface area (Å²) in [6, 6.07) is -0.0327. The molecule has 0 aromatic carbocycles. The zero-order valence-electron chi connectivity index (χ0n) is 11.6. The molecule has 5 heteroatoms. The van der Waals surface area contributed by atoms with Crippen molar-refractivity contribution >= 4 is 12.1 Å². The van der Waals surface area contributed by atoms with E-state index in [1.165, 1.54) is 0 Å². The van der Waals surface area contributed by atoms with Gasteiger partial charge in [-0.05, 0) is 40.0 Å². The van der Waals surface area contributed by atoms with Crippen LogP contribution in [0.4, 0.5) is 4.79 Å². The average Bonchev–Trinajstić information content (AvgIpc) is 2.26. The van der Waals surface area contributed by atoms with E-state index < -0.39 is 11.6 Å². The van der Waals surface area contributed by atoms with Crippen molar-refractivity contribution in [3.05, 3.63) is 0 Å². The van der Waals surface area contributed by atoms with Gasteiger partial charge in [-0.1, -0.05) is 6.42 Å². The Kier molecular flexibility index (Phi) is 4.59. The molecule has 2 unspecified atom stereocenters. The molecule has 0 aromatic heterocycles. The number of rotatable bonds is 2. The summed E-state index contributed by atoms with van der Waals surface area (Å²) in [5, 5.41) is 9.03. The topological polar surface area (TPSA) is 66.8 Å². The van der Waals surface area contributed by atoms with E-state index in [2.05, 4.69) is 0 Å². The van der Waals surface area contributed by atoms with E-state index in [0.29, 0.717) is 12.8 Å². The van der Waals surface area contributed by atoms with Gasteiger partial charge in [0.05, 0.1) is 5.92 Å². The Morgan fingerprint density at radius 2 is 1.89 bits per heavy atom. The first-order chi connectivity index (χ1) is 8.20. The van der Waals surface area contributed by atoms with E-state index >= 15 is 0 Å². The van der Waals surface area contributed by atoms with Gasteiger partial charge < -0.3 is 14.7 Å². The monoisotopic (exact) mass is 257 g/mol. The molecule has 1 fully saturated rings. The number of carbonyl (C=O) groups excluding carboxylic acids is 1. The summed E-state index contributed by atoms with van der Waals surface area (Å²) in [5.41, 5.74) is -0.522.